The predicted molar refractivity (Wildman–Crippen MR) is 130 cm³/mol. The summed E-state index contributed by atoms with van der Waals surface area (Å²) < 4.78 is 37.7. The number of fused-ring (bicyclic) bond motifs is 1. The molecule has 1 aliphatic heterocycles. The van der Waals surface area contributed by atoms with Crippen molar-refractivity contribution < 1.29 is 27.6 Å². The topological polar surface area (TPSA) is 119 Å². The average molecular weight is 500 g/mol. The highest BCUT2D eigenvalue weighted by Gasteiger charge is 2.29. The van der Waals surface area contributed by atoms with Crippen LogP contribution in [-0.2, 0) is 19.6 Å². The van der Waals surface area contributed by atoms with Crippen molar-refractivity contribution in [1.29, 1.82) is 0 Å². The molecule has 35 heavy (non-hydrogen) atoms. The molecular weight excluding hydrogens is 474 g/mol. The first kappa shape index (κ1) is 24.6. The molecule has 0 unspecified atom stereocenters. The summed E-state index contributed by atoms with van der Waals surface area (Å²) in [6.07, 6.45) is 0. The van der Waals surface area contributed by atoms with E-state index in [-0.39, 0.29) is 42.9 Å². The molecule has 10 nitrogen and oxygen atoms in total. The Morgan fingerprint density at radius 2 is 1.83 bits per heavy atom. The molecule has 0 saturated carbocycles. The van der Waals surface area contributed by atoms with Crippen molar-refractivity contribution in [2.75, 3.05) is 44.4 Å². The fraction of sp³-hybridized carbons (Fsp3) is 0.292. The third kappa shape index (κ3) is 5.11. The minimum Gasteiger partial charge on any atom is -0.477 e. The van der Waals surface area contributed by atoms with Crippen LogP contribution in [-0.4, -0.2) is 63.0 Å². The highest BCUT2D eigenvalue weighted by molar-refractivity contribution is 7.89. The lowest BCUT2D eigenvalue weighted by molar-refractivity contribution is -0.386. The van der Waals surface area contributed by atoms with Gasteiger partial charge in [0.2, 0.25) is 10.0 Å². The Balaban J connectivity index is 1.55. The van der Waals surface area contributed by atoms with E-state index in [2.05, 4.69) is 0 Å². The number of morpholine rings is 1. The van der Waals surface area contributed by atoms with E-state index in [9.17, 15) is 23.3 Å². The minimum absolute atomic E-state index is 0.171. The van der Waals surface area contributed by atoms with E-state index in [1.54, 1.807) is 4.90 Å². The minimum atomic E-state index is -3.92. The number of hydrogen-bond acceptors (Lipinski definition) is 7. The number of benzene rings is 3. The summed E-state index contributed by atoms with van der Waals surface area (Å²) in [6, 6.07) is 16.7. The van der Waals surface area contributed by atoms with E-state index in [0.717, 1.165) is 16.8 Å². The standard InChI is InChI=1S/C24H25N3O7S/c1-2-26(21-9-5-7-18-6-3-4-8-20(18)21)24(28)17-34-23-11-10-19(16-22(23)27(29)30)35(31,32)25-12-14-33-15-13-25/h3-11,16H,2,12-15,17H2,1H3. The number of carbonyl (C=O) groups excluding carboxylic acids is 1. The normalized spacial score (nSPS) is 14.5. The zero-order valence-corrected chi connectivity index (χ0v) is 19.9. The van der Waals surface area contributed by atoms with Crippen LogP contribution in [0.4, 0.5) is 11.4 Å². The molecule has 0 spiro atoms. The van der Waals surface area contributed by atoms with Crippen molar-refractivity contribution in [3.05, 3.63) is 70.8 Å². The molecule has 3 aromatic rings. The second-order valence-electron chi connectivity index (χ2n) is 7.83. The van der Waals surface area contributed by atoms with Gasteiger partial charge in [0.15, 0.2) is 12.4 Å². The maximum absolute atomic E-state index is 13.0. The quantitative estimate of drug-likeness (QED) is 0.345. The Hall–Kier alpha value is -3.54. The molecule has 0 bridgehead atoms. The largest absolute Gasteiger partial charge is 0.477 e. The molecule has 0 atom stereocenters. The summed E-state index contributed by atoms with van der Waals surface area (Å²) in [5, 5.41) is 13.6. The summed E-state index contributed by atoms with van der Waals surface area (Å²) in [6.45, 7) is 2.61. The zero-order valence-electron chi connectivity index (χ0n) is 19.1. The first-order chi connectivity index (χ1) is 16.8. The van der Waals surface area contributed by atoms with Gasteiger partial charge in [0.1, 0.15) is 0 Å². The van der Waals surface area contributed by atoms with Crippen molar-refractivity contribution in [1.82, 2.24) is 4.31 Å². The molecule has 3 aromatic carbocycles. The van der Waals surface area contributed by atoms with Gasteiger partial charge in [-0.25, -0.2) is 8.42 Å². The van der Waals surface area contributed by atoms with Crippen LogP contribution in [0.1, 0.15) is 6.92 Å². The molecule has 0 aliphatic carbocycles. The zero-order chi connectivity index (χ0) is 25.0. The third-order valence-corrected chi connectivity index (χ3v) is 7.66. The van der Waals surface area contributed by atoms with Crippen LogP contribution in [0.5, 0.6) is 5.75 Å². The lowest BCUT2D eigenvalue weighted by Gasteiger charge is -2.26. The highest BCUT2D eigenvalue weighted by Crippen LogP contribution is 2.32. The first-order valence-corrected chi connectivity index (χ1v) is 12.5. The molecule has 1 amide bonds. The van der Waals surface area contributed by atoms with Gasteiger partial charge in [-0.1, -0.05) is 36.4 Å². The van der Waals surface area contributed by atoms with E-state index in [1.165, 1.54) is 16.4 Å². The number of hydrogen-bond donors (Lipinski definition) is 0. The number of sulfonamides is 1. The van der Waals surface area contributed by atoms with Gasteiger partial charge in [-0.15, -0.1) is 0 Å². The summed E-state index contributed by atoms with van der Waals surface area (Å²) in [5.41, 5.74) is 0.181. The van der Waals surface area contributed by atoms with Crippen LogP contribution < -0.4 is 9.64 Å². The fourth-order valence-corrected chi connectivity index (χ4v) is 5.43. The van der Waals surface area contributed by atoms with E-state index in [0.29, 0.717) is 12.2 Å². The smallest absolute Gasteiger partial charge is 0.312 e. The van der Waals surface area contributed by atoms with Crippen molar-refractivity contribution in [2.24, 2.45) is 0 Å². The van der Waals surface area contributed by atoms with Crippen molar-refractivity contribution in [3.63, 3.8) is 0 Å². The van der Waals surface area contributed by atoms with Gasteiger partial charge in [-0.3, -0.25) is 14.9 Å². The molecule has 184 valence electrons. The lowest BCUT2D eigenvalue weighted by Crippen LogP contribution is -2.40. The van der Waals surface area contributed by atoms with E-state index >= 15 is 0 Å². The van der Waals surface area contributed by atoms with Crippen LogP contribution in [0.3, 0.4) is 0 Å². The van der Waals surface area contributed by atoms with Gasteiger partial charge in [-0.05, 0) is 30.5 Å². The van der Waals surface area contributed by atoms with Gasteiger partial charge in [0.05, 0.1) is 28.7 Å². The second-order valence-corrected chi connectivity index (χ2v) is 9.77. The molecule has 0 radical (unpaired) electrons. The molecule has 1 heterocycles. The molecule has 1 saturated heterocycles. The van der Waals surface area contributed by atoms with Crippen LogP contribution in [0, 0.1) is 10.1 Å². The summed E-state index contributed by atoms with van der Waals surface area (Å²) in [7, 11) is -3.92. The number of amides is 1. The number of ether oxygens (including phenoxy) is 2. The van der Waals surface area contributed by atoms with E-state index in [1.807, 2.05) is 49.4 Å². The monoisotopic (exact) mass is 499 g/mol. The van der Waals surface area contributed by atoms with Gasteiger partial charge in [0, 0.05) is 31.1 Å². The third-order valence-electron chi connectivity index (χ3n) is 5.76. The molecule has 1 aliphatic rings. The highest BCUT2D eigenvalue weighted by atomic mass is 32.2. The fourth-order valence-electron chi connectivity index (χ4n) is 4.00. The Morgan fingerprint density at radius 3 is 2.54 bits per heavy atom. The Morgan fingerprint density at radius 1 is 1.11 bits per heavy atom. The summed E-state index contributed by atoms with van der Waals surface area (Å²) in [4.78, 5) is 25.3. The maximum atomic E-state index is 13.0. The second kappa shape index (κ2) is 10.4. The van der Waals surface area contributed by atoms with Gasteiger partial charge >= 0.3 is 5.69 Å². The SMILES string of the molecule is CCN(C(=O)COc1ccc(S(=O)(=O)N2CCOCC2)cc1[N+](=O)[O-])c1cccc2ccccc12. The molecule has 0 aromatic heterocycles. The number of likely N-dealkylation sites (N-methyl/N-ethyl adjacent to an activating group) is 1. The van der Waals surface area contributed by atoms with E-state index in [4.69, 9.17) is 9.47 Å². The molecular formula is C24H25N3O7S. The lowest BCUT2D eigenvalue weighted by atomic mass is 10.1. The number of nitro groups is 1. The number of rotatable bonds is 8. The Labute approximate surface area is 202 Å². The first-order valence-electron chi connectivity index (χ1n) is 11.1. The number of anilines is 1. The number of nitro benzene ring substituents is 1. The van der Waals surface area contributed by atoms with Gasteiger partial charge < -0.3 is 14.4 Å². The van der Waals surface area contributed by atoms with Crippen molar-refractivity contribution in [2.45, 2.75) is 11.8 Å². The summed E-state index contributed by atoms with van der Waals surface area (Å²) in [5.74, 6) is -0.568. The van der Waals surface area contributed by atoms with Crippen LogP contribution in [0.25, 0.3) is 10.8 Å². The molecule has 4 rings (SSSR count). The van der Waals surface area contributed by atoms with E-state index < -0.39 is 27.2 Å². The van der Waals surface area contributed by atoms with Crippen LogP contribution in [0.2, 0.25) is 0 Å². The van der Waals surface area contributed by atoms with Crippen molar-refractivity contribution >= 4 is 38.1 Å². The summed E-state index contributed by atoms with van der Waals surface area (Å²) >= 11 is 0. The van der Waals surface area contributed by atoms with Crippen molar-refractivity contribution in [3.8, 4) is 5.75 Å². The van der Waals surface area contributed by atoms with Gasteiger partial charge in [0.25, 0.3) is 5.91 Å². The predicted octanol–water partition coefficient (Wildman–Crippen LogP) is 3.20. The maximum Gasteiger partial charge on any atom is 0.312 e. The van der Waals surface area contributed by atoms with Gasteiger partial charge in [-0.2, -0.15) is 4.31 Å². The number of carbonyl (C=O) groups is 1. The molecule has 1 fully saturated rings. The number of nitrogens with zero attached hydrogens (tertiary/aromatic N) is 3. The molecule has 0 N–H and O–H groups in total. The average Bonchev–Trinajstić information content (AvgIpc) is 2.88. The van der Waals surface area contributed by atoms with Crippen LogP contribution in [0.15, 0.2) is 65.6 Å². The van der Waals surface area contributed by atoms with Crippen LogP contribution >= 0.6 is 0 Å². The Kier molecular flexibility index (Phi) is 7.29. The molecule has 11 heteroatoms. The Bertz CT molecular complexity index is 1350.